The van der Waals surface area contributed by atoms with Gasteiger partial charge in [-0.1, -0.05) is 13.8 Å². The number of aromatic nitrogens is 1. The van der Waals surface area contributed by atoms with E-state index in [1.54, 1.807) is 18.4 Å². The molecule has 1 heterocycles. The van der Waals surface area contributed by atoms with Gasteiger partial charge in [0.25, 0.3) is 0 Å². The van der Waals surface area contributed by atoms with E-state index in [4.69, 9.17) is 15.5 Å². The molecule has 1 saturated carbocycles. The molecule has 96 valence electrons. The van der Waals surface area contributed by atoms with Crippen LogP contribution in [0.4, 0.5) is 0 Å². The molecule has 2 rings (SSSR count). The number of hydrogen-bond acceptors (Lipinski definition) is 4. The molecule has 1 aromatic rings. The highest BCUT2D eigenvalue weighted by molar-refractivity contribution is 7.09. The maximum absolute atomic E-state index is 6.50. The quantitative estimate of drug-likeness (QED) is 0.902. The zero-order valence-electron chi connectivity index (χ0n) is 10.9. The molecule has 0 radical (unpaired) electrons. The van der Waals surface area contributed by atoms with E-state index in [-0.39, 0.29) is 5.54 Å². The SMILES string of the molecule is COC1CCC(N)(c2nc(C(C)C)cs2)CC1. The number of ether oxygens (including phenoxy) is 1. The minimum Gasteiger partial charge on any atom is -0.381 e. The molecule has 0 saturated heterocycles. The molecule has 0 spiro atoms. The standard InChI is InChI=1S/C13H22N2OS/c1-9(2)11-8-17-12(15-11)13(14)6-4-10(16-3)5-7-13/h8-10H,4-7,14H2,1-3H3. The van der Waals surface area contributed by atoms with Crippen LogP contribution in [-0.4, -0.2) is 18.2 Å². The second-order valence-electron chi connectivity index (χ2n) is 5.32. The molecular weight excluding hydrogens is 232 g/mol. The Bertz CT molecular complexity index is 367. The molecule has 0 unspecified atom stereocenters. The molecule has 0 atom stereocenters. The normalized spacial score (nSPS) is 29.8. The summed E-state index contributed by atoms with van der Waals surface area (Å²) < 4.78 is 5.39. The summed E-state index contributed by atoms with van der Waals surface area (Å²) in [5.41, 5.74) is 7.46. The van der Waals surface area contributed by atoms with Crippen molar-refractivity contribution in [3.8, 4) is 0 Å². The highest BCUT2D eigenvalue weighted by Crippen LogP contribution is 2.37. The van der Waals surface area contributed by atoms with Crippen LogP contribution >= 0.6 is 11.3 Å². The van der Waals surface area contributed by atoms with Gasteiger partial charge in [-0.05, 0) is 31.6 Å². The lowest BCUT2D eigenvalue weighted by atomic mass is 9.81. The third-order valence-electron chi connectivity index (χ3n) is 3.70. The Morgan fingerprint density at radius 3 is 2.59 bits per heavy atom. The van der Waals surface area contributed by atoms with E-state index < -0.39 is 0 Å². The molecule has 4 heteroatoms. The summed E-state index contributed by atoms with van der Waals surface area (Å²) in [4.78, 5) is 4.71. The van der Waals surface area contributed by atoms with Crippen LogP contribution in [0.3, 0.4) is 0 Å². The van der Waals surface area contributed by atoms with Gasteiger partial charge in [0.2, 0.25) is 0 Å². The van der Waals surface area contributed by atoms with Crippen molar-refractivity contribution in [2.24, 2.45) is 5.73 Å². The summed E-state index contributed by atoms with van der Waals surface area (Å²) in [5, 5.41) is 3.26. The van der Waals surface area contributed by atoms with E-state index in [0.29, 0.717) is 12.0 Å². The van der Waals surface area contributed by atoms with Crippen molar-refractivity contribution in [3.63, 3.8) is 0 Å². The van der Waals surface area contributed by atoms with E-state index in [9.17, 15) is 0 Å². The first kappa shape index (κ1) is 13.0. The molecular formula is C13H22N2OS. The zero-order valence-corrected chi connectivity index (χ0v) is 11.7. The number of hydrogen-bond donors (Lipinski definition) is 1. The lowest BCUT2D eigenvalue weighted by Crippen LogP contribution is -2.42. The largest absolute Gasteiger partial charge is 0.381 e. The maximum Gasteiger partial charge on any atom is 0.113 e. The van der Waals surface area contributed by atoms with Gasteiger partial charge in [-0.15, -0.1) is 11.3 Å². The molecule has 2 N–H and O–H groups in total. The van der Waals surface area contributed by atoms with Crippen molar-refractivity contribution in [3.05, 3.63) is 16.1 Å². The van der Waals surface area contributed by atoms with Gasteiger partial charge in [0.05, 0.1) is 17.3 Å². The van der Waals surface area contributed by atoms with Crippen molar-refractivity contribution < 1.29 is 4.74 Å². The molecule has 0 bridgehead atoms. The monoisotopic (exact) mass is 254 g/mol. The summed E-state index contributed by atoms with van der Waals surface area (Å²) in [6.07, 6.45) is 4.44. The highest BCUT2D eigenvalue weighted by atomic mass is 32.1. The number of rotatable bonds is 3. The van der Waals surface area contributed by atoms with E-state index in [0.717, 1.165) is 30.7 Å². The minimum atomic E-state index is -0.215. The molecule has 0 amide bonds. The van der Waals surface area contributed by atoms with Crippen LogP contribution < -0.4 is 5.73 Å². The Morgan fingerprint density at radius 1 is 1.47 bits per heavy atom. The third kappa shape index (κ3) is 2.69. The average molecular weight is 254 g/mol. The van der Waals surface area contributed by atoms with Gasteiger partial charge >= 0.3 is 0 Å². The maximum atomic E-state index is 6.50. The van der Waals surface area contributed by atoms with Crippen LogP contribution in [-0.2, 0) is 10.3 Å². The first-order chi connectivity index (χ1) is 8.05. The van der Waals surface area contributed by atoms with Crippen LogP contribution in [0.15, 0.2) is 5.38 Å². The van der Waals surface area contributed by atoms with Gasteiger partial charge in [0.1, 0.15) is 5.01 Å². The van der Waals surface area contributed by atoms with Gasteiger partial charge in [0.15, 0.2) is 0 Å². The highest BCUT2D eigenvalue weighted by Gasteiger charge is 2.35. The number of methoxy groups -OCH3 is 1. The van der Waals surface area contributed by atoms with Crippen LogP contribution in [0.1, 0.15) is 56.2 Å². The molecule has 17 heavy (non-hydrogen) atoms. The molecule has 1 aliphatic carbocycles. The predicted octanol–water partition coefficient (Wildman–Crippen LogP) is 3.01. The van der Waals surface area contributed by atoms with Gasteiger partial charge in [-0.25, -0.2) is 4.98 Å². The predicted molar refractivity (Wildman–Crippen MR) is 71.3 cm³/mol. The fourth-order valence-corrected chi connectivity index (χ4v) is 3.49. The Kier molecular flexibility index (Phi) is 3.85. The molecule has 1 aliphatic rings. The lowest BCUT2D eigenvalue weighted by molar-refractivity contribution is 0.0492. The number of thiazole rings is 1. The molecule has 0 aromatic carbocycles. The van der Waals surface area contributed by atoms with Gasteiger partial charge in [-0.2, -0.15) is 0 Å². The van der Waals surface area contributed by atoms with Crippen molar-refractivity contribution in [2.75, 3.05) is 7.11 Å². The topological polar surface area (TPSA) is 48.1 Å². The average Bonchev–Trinajstić information content (AvgIpc) is 2.80. The lowest BCUT2D eigenvalue weighted by Gasteiger charge is -2.35. The van der Waals surface area contributed by atoms with E-state index in [1.807, 2.05) is 0 Å². The van der Waals surface area contributed by atoms with E-state index >= 15 is 0 Å². The van der Waals surface area contributed by atoms with Crippen molar-refractivity contribution in [2.45, 2.75) is 57.1 Å². The molecule has 0 aliphatic heterocycles. The second kappa shape index (κ2) is 5.04. The van der Waals surface area contributed by atoms with E-state index in [1.165, 1.54) is 5.69 Å². The van der Waals surface area contributed by atoms with Crippen molar-refractivity contribution in [1.82, 2.24) is 4.98 Å². The molecule has 1 fully saturated rings. The smallest absolute Gasteiger partial charge is 0.113 e. The summed E-state index contributed by atoms with van der Waals surface area (Å²) in [5.74, 6) is 0.485. The summed E-state index contributed by atoms with van der Waals surface area (Å²) in [6, 6.07) is 0. The van der Waals surface area contributed by atoms with Crippen LogP contribution in [0, 0.1) is 0 Å². The first-order valence-corrected chi connectivity index (χ1v) is 7.20. The van der Waals surface area contributed by atoms with Gasteiger partial charge < -0.3 is 10.5 Å². The molecule has 3 nitrogen and oxygen atoms in total. The van der Waals surface area contributed by atoms with Gasteiger partial charge in [-0.3, -0.25) is 0 Å². The molecule has 1 aromatic heterocycles. The zero-order chi connectivity index (χ0) is 12.5. The summed E-state index contributed by atoms with van der Waals surface area (Å²) in [7, 11) is 1.79. The summed E-state index contributed by atoms with van der Waals surface area (Å²) >= 11 is 1.72. The van der Waals surface area contributed by atoms with Crippen LogP contribution in [0.5, 0.6) is 0 Å². The van der Waals surface area contributed by atoms with Crippen LogP contribution in [0.2, 0.25) is 0 Å². The minimum absolute atomic E-state index is 0.215. The van der Waals surface area contributed by atoms with E-state index in [2.05, 4.69) is 19.2 Å². The Hall–Kier alpha value is -0.450. The Labute approximate surface area is 107 Å². The van der Waals surface area contributed by atoms with Gasteiger partial charge in [0, 0.05) is 12.5 Å². The summed E-state index contributed by atoms with van der Waals surface area (Å²) in [6.45, 7) is 4.34. The van der Waals surface area contributed by atoms with Crippen molar-refractivity contribution in [1.29, 1.82) is 0 Å². The number of nitrogens with zero attached hydrogens (tertiary/aromatic N) is 1. The Morgan fingerprint density at radius 2 is 2.12 bits per heavy atom. The second-order valence-corrected chi connectivity index (χ2v) is 6.18. The van der Waals surface area contributed by atoms with Crippen LogP contribution in [0.25, 0.3) is 0 Å². The number of nitrogens with two attached hydrogens (primary N) is 1. The van der Waals surface area contributed by atoms with Crippen molar-refractivity contribution >= 4 is 11.3 Å². The Balaban J connectivity index is 2.10. The fraction of sp³-hybridized carbons (Fsp3) is 0.769. The fourth-order valence-electron chi connectivity index (χ4n) is 2.34. The first-order valence-electron chi connectivity index (χ1n) is 6.33. The third-order valence-corrected chi connectivity index (χ3v) is 4.78.